The van der Waals surface area contributed by atoms with Crippen molar-refractivity contribution in [3.05, 3.63) is 41.9 Å². The van der Waals surface area contributed by atoms with Crippen LogP contribution in [0.1, 0.15) is 62.0 Å². The third-order valence-corrected chi connectivity index (χ3v) is 6.44. The van der Waals surface area contributed by atoms with Crippen molar-refractivity contribution in [1.82, 2.24) is 9.97 Å². The van der Waals surface area contributed by atoms with E-state index in [1.807, 2.05) is 0 Å². The third kappa shape index (κ3) is 6.01. The Hall–Kier alpha value is -2.52. The lowest BCUT2D eigenvalue weighted by molar-refractivity contribution is 0.102. The van der Waals surface area contributed by atoms with Crippen LogP contribution in [0.2, 0.25) is 0 Å². The fraction of sp³-hybridized carbons (Fsp3) is 0.500. The van der Waals surface area contributed by atoms with Gasteiger partial charge in [0.1, 0.15) is 17.8 Å². The lowest BCUT2D eigenvalue weighted by Crippen LogP contribution is -2.40. The zero-order valence-electron chi connectivity index (χ0n) is 18.3. The molecule has 1 saturated carbocycles. The predicted molar refractivity (Wildman–Crippen MR) is 122 cm³/mol. The van der Waals surface area contributed by atoms with E-state index in [0.717, 1.165) is 25.2 Å². The maximum atomic E-state index is 12.9. The zero-order chi connectivity index (χ0) is 22.6. The number of sulfonamides is 1. The Kier molecular flexibility index (Phi) is 7.27. The van der Waals surface area contributed by atoms with Crippen LogP contribution < -0.4 is 15.4 Å². The molecule has 1 aromatic carbocycles. The number of nitrogens with two attached hydrogens (primary N) is 1. The van der Waals surface area contributed by atoms with Crippen LogP contribution in [0.25, 0.3) is 0 Å². The van der Waals surface area contributed by atoms with Gasteiger partial charge in [-0.3, -0.25) is 4.79 Å². The van der Waals surface area contributed by atoms with Gasteiger partial charge < -0.3 is 10.2 Å². The minimum absolute atomic E-state index is 0.00382. The number of carbonyl (C=O) groups is 1. The van der Waals surface area contributed by atoms with Crippen molar-refractivity contribution < 1.29 is 13.2 Å². The molecule has 1 aliphatic carbocycles. The number of hydrogen-bond acceptors (Lipinski definition) is 6. The van der Waals surface area contributed by atoms with Crippen LogP contribution in [-0.4, -0.2) is 36.9 Å². The average Bonchev–Trinajstić information content (AvgIpc) is 2.73. The molecule has 0 saturated heterocycles. The maximum absolute atomic E-state index is 12.9. The minimum atomic E-state index is -3.80. The number of carbonyl (C=O) groups excluding carboxylic acids is 1. The average molecular weight is 446 g/mol. The topological polar surface area (TPSA) is 118 Å². The van der Waals surface area contributed by atoms with Crippen molar-refractivity contribution in [2.75, 3.05) is 16.8 Å². The van der Waals surface area contributed by atoms with E-state index < -0.39 is 10.0 Å². The molecule has 1 aromatic heterocycles. The summed E-state index contributed by atoms with van der Waals surface area (Å²) in [5.41, 5.74) is 1.37. The van der Waals surface area contributed by atoms with Gasteiger partial charge in [0.25, 0.3) is 5.91 Å². The Morgan fingerprint density at radius 2 is 1.90 bits per heavy atom. The van der Waals surface area contributed by atoms with Crippen molar-refractivity contribution in [2.45, 2.75) is 63.8 Å². The summed E-state index contributed by atoms with van der Waals surface area (Å²) in [6.07, 6.45) is 7.39. The first-order chi connectivity index (χ1) is 14.6. The van der Waals surface area contributed by atoms with Crippen LogP contribution in [0.3, 0.4) is 0 Å². The van der Waals surface area contributed by atoms with E-state index >= 15 is 0 Å². The van der Waals surface area contributed by atoms with Crippen LogP contribution in [0.15, 0.2) is 35.5 Å². The highest BCUT2D eigenvalue weighted by Gasteiger charge is 2.24. The normalized spacial score (nSPS) is 15.1. The fourth-order valence-corrected chi connectivity index (χ4v) is 4.58. The summed E-state index contributed by atoms with van der Waals surface area (Å²) in [6.45, 7) is 6.94. The molecule has 0 radical (unpaired) electrons. The van der Waals surface area contributed by atoms with E-state index in [1.54, 1.807) is 13.0 Å². The van der Waals surface area contributed by atoms with Crippen molar-refractivity contribution >= 4 is 27.4 Å². The number of aryl methyl sites for hydroxylation is 1. The smallest absolute Gasteiger partial charge is 0.274 e. The van der Waals surface area contributed by atoms with Crippen molar-refractivity contribution in [3.8, 4) is 0 Å². The number of nitrogens with one attached hydrogen (secondary N) is 1. The standard InChI is InChI=1S/C22H31N5O3S/c1-15(2)13-27(17-7-5-4-6-8-17)21-12-20(24-14-25-21)22(28)26-19-10-9-18(11-16(19)3)31(23,29)30/h9-12,14-15,17H,4-8,13H2,1-3H3,(H,26,28)(H2,23,29,30). The van der Waals surface area contributed by atoms with Gasteiger partial charge in [-0.2, -0.15) is 0 Å². The second-order valence-electron chi connectivity index (χ2n) is 8.58. The number of anilines is 2. The van der Waals surface area contributed by atoms with Crippen molar-refractivity contribution in [3.63, 3.8) is 0 Å². The quantitative estimate of drug-likeness (QED) is 0.673. The molecular weight excluding hydrogens is 414 g/mol. The molecule has 2 aromatic rings. The first-order valence-electron chi connectivity index (χ1n) is 10.7. The number of nitrogens with zero attached hydrogens (tertiary/aromatic N) is 3. The zero-order valence-corrected chi connectivity index (χ0v) is 19.2. The van der Waals surface area contributed by atoms with Gasteiger partial charge in [0.05, 0.1) is 4.90 Å². The van der Waals surface area contributed by atoms with E-state index in [1.165, 1.54) is 43.8 Å². The van der Waals surface area contributed by atoms with Gasteiger partial charge in [0, 0.05) is 24.3 Å². The SMILES string of the molecule is Cc1cc(S(N)(=O)=O)ccc1NC(=O)c1cc(N(CC(C)C)C2CCCCC2)ncn1. The molecule has 31 heavy (non-hydrogen) atoms. The molecule has 3 N–H and O–H groups in total. The van der Waals surface area contributed by atoms with E-state index in [4.69, 9.17) is 5.14 Å². The number of amides is 1. The molecule has 8 nitrogen and oxygen atoms in total. The lowest BCUT2D eigenvalue weighted by atomic mass is 9.93. The number of primary sulfonamides is 1. The van der Waals surface area contributed by atoms with Gasteiger partial charge in [0.2, 0.25) is 10.0 Å². The third-order valence-electron chi connectivity index (χ3n) is 5.53. The molecule has 0 spiro atoms. The Balaban J connectivity index is 1.82. The summed E-state index contributed by atoms with van der Waals surface area (Å²) in [6, 6.07) is 6.50. The Morgan fingerprint density at radius 1 is 1.19 bits per heavy atom. The number of hydrogen-bond donors (Lipinski definition) is 2. The van der Waals surface area contributed by atoms with Gasteiger partial charge in [-0.15, -0.1) is 0 Å². The van der Waals surface area contributed by atoms with Crippen LogP contribution in [0, 0.1) is 12.8 Å². The minimum Gasteiger partial charge on any atom is -0.353 e. The fourth-order valence-electron chi connectivity index (χ4n) is 3.98. The van der Waals surface area contributed by atoms with Gasteiger partial charge in [-0.05, 0) is 49.4 Å². The van der Waals surface area contributed by atoms with Crippen LogP contribution in [-0.2, 0) is 10.0 Å². The van der Waals surface area contributed by atoms with Crippen LogP contribution in [0.4, 0.5) is 11.5 Å². The number of rotatable bonds is 7. The van der Waals surface area contributed by atoms with Gasteiger partial charge in [-0.1, -0.05) is 33.1 Å². The maximum Gasteiger partial charge on any atom is 0.274 e. The van der Waals surface area contributed by atoms with E-state index in [-0.39, 0.29) is 16.5 Å². The van der Waals surface area contributed by atoms with Crippen LogP contribution in [0.5, 0.6) is 0 Å². The molecule has 168 valence electrons. The predicted octanol–water partition coefficient (Wildman–Crippen LogP) is 3.48. The molecule has 1 fully saturated rings. The molecule has 1 amide bonds. The molecule has 1 aliphatic rings. The first-order valence-corrected chi connectivity index (χ1v) is 12.2. The molecule has 3 rings (SSSR count). The summed E-state index contributed by atoms with van der Waals surface area (Å²) in [7, 11) is -3.80. The monoisotopic (exact) mass is 445 g/mol. The van der Waals surface area contributed by atoms with Crippen LogP contribution >= 0.6 is 0 Å². The first kappa shape index (κ1) is 23.1. The van der Waals surface area contributed by atoms with E-state index in [2.05, 4.69) is 34.0 Å². The summed E-state index contributed by atoms with van der Waals surface area (Å²) in [5, 5.41) is 7.98. The second-order valence-corrected chi connectivity index (χ2v) is 10.1. The van der Waals surface area contributed by atoms with Crippen molar-refractivity contribution in [2.24, 2.45) is 11.1 Å². The highest BCUT2D eigenvalue weighted by Crippen LogP contribution is 2.27. The summed E-state index contributed by atoms with van der Waals surface area (Å²) in [5.74, 6) is 0.861. The highest BCUT2D eigenvalue weighted by molar-refractivity contribution is 7.89. The molecule has 0 aliphatic heterocycles. The molecule has 9 heteroatoms. The van der Waals surface area contributed by atoms with Gasteiger partial charge in [-0.25, -0.2) is 23.5 Å². The summed E-state index contributed by atoms with van der Waals surface area (Å²) < 4.78 is 23.0. The largest absolute Gasteiger partial charge is 0.353 e. The van der Waals surface area contributed by atoms with Crippen molar-refractivity contribution in [1.29, 1.82) is 0 Å². The lowest BCUT2D eigenvalue weighted by Gasteiger charge is -2.36. The van der Waals surface area contributed by atoms with E-state index in [9.17, 15) is 13.2 Å². The molecule has 0 atom stereocenters. The second kappa shape index (κ2) is 9.74. The molecular formula is C22H31N5O3S. The van der Waals surface area contributed by atoms with Gasteiger partial charge >= 0.3 is 0 Å². The molecule has 0 unspecified atom stereocenters. The Morgan fingerprint density at radius 3 is 2.52 bits per heavy atom. The molecule has 1 heterocycles. The van der Waals surface area contributed by atoms with E-state index in [0.29, 0.717) is 23.2 Å². The highest BCUT2D eigenvalue weighted by atomic mass is 32.2. The summed E-state index contributed by atoms with van der Waals surface area (Å²) >= 11 is 0. The number of benzene rings is 1. The Labute approximate surface area is 184 Å². The number of aromatic nitrogens is 2. The van der Waals surface area contributed by atoms with Gasteiger partial charge in [0.15, 0.2) is 0 Å². The summed E-state index contributed by atoms with van der Waals surface area (Å²) in [4.78, 5) is 23.8. The Bertz CT molecular complexity index is 1030. The molecule has 0 bridgehead atoms.